The number of nitrogens with one attached hydrogen (secondary N) is 1. The Bertz CT molecular complexity index is 502. The fraction of sp³-hybridized carbons (Fsp3) is 0.562. The highest BCUT2D eigenvalue weighted by Crippen LogP contribution is 2.38. The molecule has 2 bridgehead atoms. The highest BCUT2D eigenvalue weighted by molar-refractivity contribution is 5.95. The number of piperidine rings is 1. The zero-order valence-corrected chi connectivity index (χ0v) is 12.0. The molecule has 1 heterocycles. The van der Waals surface area contributed by atoms with E-state index in [1.165, 1.54) is 19.3 Å². The first kappa shape index (κ1) is 13.6. The van der Waals surface area contributed by atoms with Gasteiger partial charge in [-0.15, -0.1) is 0 Å². The summed E-state index contributed by atoms with van der Waals surface area (Å²) in [5.41, 5.74) is 7.54. The topological polar surface area (TPSA) is 58.4 Å². The minimum Gasteiger partial charge on any atom is -0.326 e. The number of nitrogens with two attached hydrogens (primary N) is 1. The fourth-order valence-corrected chi connectivity index (χ4v) is 3.65. The molecule has 2 fully saturated rings. The molecular weight excluding hydrogens is 250 g/mol. The smallest absolute Gasteiger partial charge is 0.241 e. The first-order chi connectivity index (χ1) is 9.69. The third-order valence-corrected chi connectivity index (χ3v) is 4.82. The van der Waals surface area contributed by atoms with E-state index in [0.29, 0.717) is 12.6 Å². The summed E-state index contributed by atoms with van der Waals surface area (Å²) in [6, 6.07) is 8.31. The molecule has 3 unspecified atom stereocenters. The van der Waals surface area contributed by atoms with Gasteiger partial charge in [0.05, 0.1) is 6.04 Å². The summed E-state index contributed by atoms with van der Waals surface area (Å²) in [7, 11) is 0. The van der Waals surface area contributed by atoms with Crippen LogP contribution in [0.1, 0.15) is 31.7 Å². The van der Waals surface area contributed by atoms with E-state index in [9.17, 15) is 4.79 Å². The summed E-state index contributed by atoms with van der Waals surface area (Å²) in [5.74, 6) is 0.894. The Hall–Kier alpha value is -1.39. The highest BCUT2D eigenvalue weighted by Gasteiger charge is 2.41. The summed E-state index contributed by atoms with van der Waals surface area (Å²) in [4.78, 5) is 14.8. The molecule has 1 aromatic carbocycles. The Morgan fingerprint density at radius 3 is 2.90 bits per heavy atom. The average molecular weight is 273 g/mol. The summed E-state index contributed by atoms with van der Waals surface area (Å²) < 4.78 is 0. The van der Waals surface area contributed by atoms with Gasteiger partial charge in [-0.2, -0.15) is 0 Å². The molecule has 0 spiro atoms. The van der Waals surface area contributed by atoms with Gasteiger partial charge in [-0.05, 0) is 43.7 Å². The lowest BCUT2D eigenvalue weighted by molar-refractivity contribution is -0.121. The number of hydrogen-bond acceptors (Lipinski definition) is 3. The van der Waals surface area contributed by atoms with Crippen LogP contribution in [0.25, 0.3) is 0 Å². The number of fused-ring (bicyclic) bond motifs is 2. The molecule has 3 N–H and O–H groups in total. The minimum absolute atomic E-state index is 0.0591. The van der Waals surface area contributed by atoms with Gasteiger partial charge in [-0.25, -0.2) is 0 Å². The Morgan fingerprint density at radius 1 is 1.45 bits per heavy atom. The van der Waals surface area contributed by atoms with Crippen molar-refractivity contribution < 1.29 is 4.79 Å². The molecule has 1 saturated heterocycles. The van der Waals surface area contributed by atoms with Crippen LogP contribution in [0.2, 0.25) is 0 Å². The highest BCUT2D eigenvalue weighted by atomic mass is 16.2. The number of para-hydroxylation sites is 1. The largest absolute Gasteiger partial charge is 0.326 e. The summed E-state index contributed by atoms with van der Waals surface area (Å²) >= 11 is 0. The first-order valence-electron chi connectivity index (χ1n) is 7.53. The second kappa shape index (κ2) is 5.54. The third-order valence-electron chi connectivity index (χ3n) is 4.82. The van der Waals surface area contributed by atoms with Crippen molar-refractivity contribution in [2.75, 3.05) is 11.9 Å². The molecule has 4 nitrogen and oxygen atoms in total. The number of hydrogen-bond donors (Lipinski definition) is 2. The van der Waals surface area contributed by atoms with Crippen LogP contribution >= 0.6 is 0 Å². The van der Waals surface area contributed by atoms with Crippen molar-refractivity contribution >= 4 is 11.6 Å². The van der Waals surface area contributed by atoms with Crippen LogP contribution in [0, 0.1) is 5.92 Å². The maximum absolute atomic E-state index is 12.5. The normalized spacial score (nSPS) is 26.7. The van der Waals surface area contributed by atoms with Crippen molar-refractivity contribution in [1.29, 1.82) is 0 Å². The zero-order valence-electron chi connectivity index (χ0n) is 12.0. The molecule has 1 aliphatic carbocycles. The molecule has 4 heteroatoms. The molecule has 3 rings (SSSR count). The van der Waals surface area contributed by atoms with Gasteiger partial charge < -0.3 is 11.1 Å². The van der Waals surface area contributed by atoms with E-state index in [-0.39, 0.29) is 11.9 Å². The van der Waals surface area contributed by atoms with Gasteiger partial charge >= 0.3 is 0 Å². The molecule has 2 aliphatic rings. The predicted octanol–water partition coefficient (Wildman–Crippen LogP) is 1.96. The standard InChI is InChI=1S/C16H23N3O/c1-11(19-10-12-6-7-14(19)8-12)16(20)18-15-5-3-2-4-13(15)9-17/h2-5,11-12,14H,6-10,17H2,1H3,(H,18,20). The Kier molecular flexibility index (Phi) is 3.76. The van der Waals surface area contributed by atoms with Crippen molar-refractivity contribution in [1.82, 2.24) is 4.90 Å². The quantitative estimate of drug-likeness (QED) is 0.881. The number of carbonyl (C=O) groups excluding carboxylic acids is 1. The molecule has 0 aromatic heterocycles. The Morgan fingerprint density at radius 2 is 2.25 bits per heavy atom. The lowest BCUT2D eigenvalue weighted by Gasteiger charge is -2.31. The van der Waals surface area contributed by atoms with Gasteiger partial charge in [0, 0.05) is 24.8 Å². The molecule has 1 aromatic rings. The number of amides is 1. The average Bonchev–Trinajstić information content (AvgIpc) is 3.09. The number of carbonyl (C=O) groups is 1. The van der Waals surface area contributed by atoms with Gasteiger partial charge in [0.2, 0.25) is 5.91 Å². The minimum atomic E-state index is -0.0591. The predicted molar refractivity (Wildman–Crippen MR) is 80.3 cm³/mol. The van der Waals surface area contributed by atoms with Gasteiger partial charge in [-0.1, -0.05) is 18.2 Å². The van der Waals surface area contributed by atoms with E-state index in [1.54, 1.807) is 0 Å². The van der Waals surface area contributed by atoms with Crippen LogP contribution < -0.4 is 11.1 Å². The molecule has 1 amide bonds. The summed E-state index contributed by atoms with van der Waals surface area (Å²) in [6.07, 6.45) is 3.87. The van der Waals surface area contributed by atoms with E-state index in [2.05, 4.69) is 10.2 Å². The number of likely N-dealkylation sites (tertiary alicyclic amines) is 1. The van der Waals surface area contributed by atoms with E-state index >= 15 is 0 Å². The molecule has 1 saturated carbocycles. The first-order valence-corrected chi connectivity index (χ1v) is 7.53. The fourth-order valence-electron chi connectivity index (χ4n) is 3.65. The van der Waals surface area contributed by atoms with Crippen molar-refractivity contribution in [3.05, 3.63) is 29.8 Å². The SMILES string of the molecule is CC(C(=O)Nc1ccccc1CN)N1CC2CCC1C2. The van der Waals surface area contributed by atoms with Crippen molar-refractivity contribution in [2.24, 2.45) is 11.7 Å². The van der Waals surface area contributed by atoms with Crippen molar-refractivity contribution in [2.45, 2.75) is 44.8 Å². The molecule has 1 aliphatic heterocycles. The summed E-state index contributed by atoms with van der Waals surface area (Å²) in [5, 5.41) is 3.04. The van der Waals surface area contributed by atoms with Crippen molar-refractivity contribution in [3.8, 4) is 0 Å². The second-order valence-corrected chi connectivity index (χ2v) is 6.06. The third kappa shape index (κ3) is 2.45. The molecule has 20 heavy (non-hydrogen) atoms. The molecule has 0 radical (unpaired) electrons. The maximum atomic E-state index is 12.5. The van der Waals surface area contributed by atoms with Crippen LogP contribution in [0.3, 0.4) is 0 Å². The molecule has 108 valence electrons. The van der Waals surface area contributed by atoms with E-state index in [0.717, 1.165) is 23.7 Å². The second-order valence-electron chi connectivity index (χ2n) is 6.06. The van der Waals surface area contributed by atoms with Crippen LogP contribution in [-0.2, 0) is 11.3 Å². The Balaban J connectivity index is 1.67. The zero-order chi connectivity index (χ0) is 14.1. The monoisotopic (exact) mass is 273 g/mol. The lowest BCUT2D eigenvalue weighted by atomic mass is 10.1. The maximum Gasteiger partial charge on any atom is 0.241 e. The molecule has 3 atom stereocenters. The van der Waals surface area contributed by atoms with Gasteiger partial charge in [0.1, 0.15) is 0 Å². The van der Waals surface area contributed by atoms with Crippen LogP contribution in [0.5, 0.6) is 0 Å². The number of rotatable bonds is 4. The van der Waals surface area contributed by atoms with Crippen LogP contribution in [-0.4, -0.2) is 29.4 Å². The van der Waals surface area contributed by atoms with E-state index in [4.69, 9.17) is 5.73 Å². The number of anilines is 1. The van der Waals surface area contributed by atoms with Gasteiger partial charge in [0.15, 0.2) is 0 Å². The lowest BCUT2D eigenvalue weighted by Crippen LogP contribution is -2.46. The van der Waals surface area contributed by atoms with E-state index < -0.39 is 0 Å². The van der Waals surface area contributed by atoms with E-state index in [1.807, 2.05) is 31.2 Å². The number of benzene rings is 1. The number of nitrogens with zero attached hydrogens (tertiary/aromatic N) is 1. The Labute approximate surface area is 120 Å². The van der Waals surface area contributed by atoms with Gasteiger partial charge in [0.25, 0.3) is 0 Å². The molecular formula is C16H23N3O. The van der Waals surface area contributed by atoms with Crippen LogP contribution in [0.15, 0.2) is 24.3 Å². The van der Waals surface area contributed by atoms with Gasteiger partial charge in [-0.3, -0.25) is 9.69 Å². The van der Waals surface area contributed by atoms with Crippen molar-refractivity contribution in [3.63, 3.8) is 0 Å². The summed E-state index contributed by atoms with van der Waals surface area (Å²) in [6.45, 7) is 3.54. The van der Waals surface area contributed by atoms with Crippen LogP contribution in [0.4, 0.5) is 5.69 Å².